The van der Waals surface area contributed by atoms with Crippen LogP contribution < -0.4 is 0 Å². The molecule has 0 aromatic rings. The predicted molar refractivity (Wildman–Crippen MR) is 78.6 cm³/mol. The Morgan fingerprint density at radius 2 is 1.56 bits per heavy atom. The van der Waals surface area contributed by atoms with Crippen LogP contribution in [0.1, 0.15) is 80.1 Å². The zero-order chi connectivity index (χ0) is 14.4. The Morgan fingerprint density at radius 3 is 1.94 bits per heavy atom. The average molecular weight is 258 g/mol. The molecular formula is C16H34O2. The van der Waals surface area contributed by atoms with Crippen LogP contribution in [0.15, 0.2) is 0 Å². The Bertz CT molecular complexity index is 223. The Morgan fingerprint density at radius 1 is 1.00 bits per heavy atom. The molecule has 0 rings (SSSR count). The molecule has 2 N–H and O–H groups in total. The Hall–Kier alpha value is -0.0800. The molecule has 110 valence electrons. The van der Waals surface area contributed by atoms with E-state index in [-0.39, 0.29) is 5.92 Å². The van der Waals surface area contributed by atoms with Gasteiger partial charge in [-0.3, -0.25) is 0 Å². The van der Waals surface area contributed by atoms with E-state index in [1.807, 2.05) is 27.7 Å². The molecule has 0 aliphatic carbocycles. The molecule has 2 nitrogen and oxygen atoms in total. The third-order valence-electron chi connectivity index (χ3n) is 5.08. The van der Waals surface area contributed by atoms with E-state index in [9.17, 15) is 10.2 Å². The Balaban J connectivity index is 4.62. The van der Waals surface area contributed by atoms with Crippen molar-refractivity contribution in [1.82, 2.24) is 0 Å². The van der Waals surface area contributed by atoms with E-state index in [4.69, 9.17) is 0 Å². The van der Waals surface area contributed by atoms with Gasteiger partial charge in [0.25, 0.3) is 0 Å². The smallest absolute Gasteiger partial charge is 0.0720 e. The van der Waals surface area contributed by atoms with Gasteiger partial charge in [-0.15, -0.1) is 0 Å². The van der Waals surface area contributed by atoms with Gasteiger partial charge in [-0.1, -0.05) is 60.3 Å². The third-order valence-corrected chi connectivity index (χ3v) is 5.08. The van der Waals surface area contributed by atoms with E-state index in [1.165, 1.54) is 19.3 Å². The number of rotatable bonds is 9. The molecule has 0 fully saturated rings. The molecule has 0 aliphatic rings. The number of unbranched alkanes of at least 4 members (excludes halogenated alkanes) is 3. The van der Waals surface area contributed by atoms with Crippen LogP contribution in [0.5, 0.6) is 0 Å². The second-order valence-corrected chi connectivity index (χ2v) is 6.44. The Kier molecular flexibility index (Phi) is 7.46. The van der Waals surface area contributed by atoms with Crippen molar-refractivity contribution in [2.24, 2.45) is 11.3 Å². The summed E-state index contributed by atoms with van der Waals surface area (Å²) in [6.45, 7) is 12.2. The topological polar surface area (TPSA) is 40.5 Å². The molecule has 0 radical (unpaired) electrons. The molecule has 3 unspecified atom stereocenters. The zero-order valence-electron chi connectivity index (χ0n) is 13.3. The summed E-state index contributed by atoms with van der Waals surface area (Å²) in [5.74, 6) is 0.146. The standard InChI is InChI=1S/C16H34O2/c1-7-9-10-11-12-14(17)15(5,8-2)16(6,18)13(3)4/h13-14,17-18H,7-12H2,1-6H3. The SMILES string of the molecule is CCCCCCC(O)C(C)(CC)C(C)(O)C(C)C. The first kappa shape index (κ1) is 17.9. The van der Waals surface area contributed by atoms with E-state index in [2.05, 4.69) is 13.8 Å². The fourth-order valence-corrected chi connectivity index (χ4v) is 2.67. The van der Waals surface area contributed by atoms with Crippen molar-refractivity contribution in [2.45, 2.75) is 91.8 Å². The predicted octanol–water partition coefficient (Wildman–Crippen LogP) is 4.14. The van der Waals surface area contributed by atoms with Crippen LogP contribution in [-0.2, 0) is 0 Å². The maximum absolute atomic E-state index is 10.7. The lowest BCUT2D eigenvalue weighted by atomic mass is 9.63. The van der Waals surface area contributed by atoms with Gasteiger partial charge in [-0.25, -0.2) is 0 Å². The second-order valence-electron chi connectivity index (χ2n) is 6.44. The summed E-state index contributed by atoms with van der Waals surface area (Å²) in [4.78, 5) is 0. The molecular weight excluding hydrogens is 224 g/mol. The highest BCUT2D eigenvalue weighted by Crippen LogP contribution is 2.43. The van der Waals surface area contributed by atoms with Crippen molar-refractivity contribution in [3.8, 4) is 0 Å². The lowest BCUT2D eigenvalue weighted by Crippen LogP contribution is -2.54. The van der Waals surface area contributed by atoms with Crippen LogP contribution in [0.3, 0.4) is 0 Å². The van der Waals surface area contributed by atoms with E-state index >= 15 is 0 Å². The molecule has 0 aromatic heterocycles. The van der Waals surface area contributed by atoms with E-state index < -0.39 is 17.1 Å². The number of hydrogen-bond acceptors (Lipinski definition) is 2. The van der Waals surface area contributed by atoms with E-state index in [0.29, 0.717) is 0 Å². The number of hydrogen-bond donors (Lipinski definition) is 2. The molecule has 3 atom stereocenters. The summed E-state index contributed by atoms with van der Waals surface area (Å²) in [5, 5.41) is 21.2. The van der Waals surface area contributed by atoms with Gasteiger partial charge in [-0.05, 0) is 25.7 Å². The summed E-state index contributed by atoms with van der Waals surface area (Å²) < 4.78 is 0. The lowest BCUT2D eigenvalue weighted by Gasteiger charge is -2.48. The highest BCUT2D eigenvalue weighted by Gasteiger charge is 2.48. The van der Waals surface area contributed by atoms with Gasteiger partial charge in [0, 0.05) is 5.41 Å². The van der Waals surface area contributed by atoms with Crippen molar-refractivity contribution in [3.05, 3.63) is 0 Å². The average Bonchev–Trinajstić information content (AvgIpc) is 2.32. The first-order chi connectivity index (χ1) is 8.24. The van der Waals surface area contributed by atoms with Gasteiger partial charge in [0.2, 0.25) is 0 Å². The third kappa shape index (κ3) is 3.96. The molecule has 0 spiro atoms. The van der Waals surface area contributed by atoms with Gasteiger partial charge in [-0.2, -0.15) is 0 Å². The zero-order valence-corrected chi connectivity index (χ0v) is 13.3. The monoisotopic (exact) mass is 258 g/mol. The minimum absolute atomic E-state index is 0.146. The maximum Gasteiger partial charge on any atom is 0.0720 e. The van der Waals surface area contributed by atoms with Gasteiger partial charge >= 0.3 is 0 Å². The van der Waals surface area contributed by atoms with Crippen molar-refractivity contribution < 1.29 is 10.2 Å². The van der Waals surface area contributed by atoms with E-state index in [1.54, 1.807) is 0 Å². The fourth-order valence-electron chi connectivity index (χ4n) is 2.67. The molecule has 2 heteroatoms. The van der Waals surface area contributed by atoms with Gasteiger partial charge < -0.3 is 10.2 Å². The quantitative estimate of drug-likeness (QED) is 0.610. The summed E-state index contributed by atoms with van der Waals surface area (Å²) in [7, 11) is 0. The molecule has 18 heavy (non-hydrogen) atoms. The fraction of sp³-hybridized carbons (Fsp3) is 1.00. The van der Waals surface area contributed by atoms with E-state index in [0.717, 1.165) is 19.3 Å². The van der Waals surface area contributed by atoms with Gasteiger partial charge in [0.05, 0.1) is 11.7 Å². The maximum atomic E-state index is 10.7. The molecule has 0 aromatic carbocycles. The van der Waals surface area contributed by atoms with Crippen molar-refractivity contribution in [3.63, 3.8) is 0 Å². The normalized spacial score (nSPS) is 20.5. The Labute approximate surface area is 114 Å². The first-order valence-corrected chi connectivity index (χ1v) is 7.64. The molecule has 0 aliphatic heterocycles. The molecule has 0 saturated heterocycles. The van der Waals surface area contributed by atoms with Crippen LogP contribution >= 0.6 is 0 Å². The number of aliphatic hydroxyl groups excluding tert-OH is 1. The van der Waals surface area contributed by atoms with Crippen LogP contribution in [0.2, 0.25) is 0 Å². The molecule has 0 amide bonds. The summed E-state index contributed by atoms with van der Waals surface area (Å²) in [5.41, 5.74) is -1.25. The second kappa shape index (κ2) is 7.49. The first-order valence-electron chi connectivity index (χ1n) is 7.64. The van der Waals surface area contributed by atoms with Crippen LogP contribution in [-0.4, -0.2) is 21.9 Å². The lowest BCUT2D eigenvalue weighted by molar-refractivity contribution is -0.153. The highest BCUT2D eigenvalue weighted by atomic mass is 16.3. The van der Waals surface area contributed by atoms with Crippen molar-refractivity contribution in [1.29, 1.82) is 0 Å². The van der Waals surface area contributed by atoms with Crippen molar-refractivity contribution >= 4 is 0 Å². The van der Waals surface area contributed by atoms with Crippen LogP contribution in [0.4, 0.5) is 0 Å². The summed E-state index contributed by atoms with van der Waals surface area (Å²) in [6, 6.07) is 0. The summed E-state index contributed by atoms with van der Waals surface area (Å²) in [6.07, 6.45) is 5.86. The molecule has 0 saturated carbocycles. The van der Waals surface area contributed by atoms with Crippen LogP contribution in [0.25, 0.3) is 0 Å². The number of aliphatic hydroxyl groups is 2. The van der Waals surface area contributed by atoms with Gasteiger partial charge in [0.15, 0.2) is 0 Å². The molecule has 0 heterocycles. The van der Waals surface area contributed by atoms with Gasteiger partial charge in [0.1, 0.15) is 0 Å². The minimum Gasteiger partial charge on any atom is -0.392 e. The highest BCUT2D eigenvalue weighted by molar-refractivity contribution is 4.98. The van der Waals surface area contributed by atoms with Crippen molar-refractivity contribution in [2.75, 3.05) is 0 Å². The summed E-state index contributed by atoms with van der Waals surface area (Å²) >= 11 is 0. The largest absolute Gasteiger partial charge is 0.392 e. The van der Waals surface area contributed by atoms with Crippen LogP contribution in [0, 0.1) is 11.3 Å². The molecule has 0 bridgehead atoms. The minimum atomic E-state index is -0.827.